The van der Waals surface area contributed by atoms with Crippen LogP contribution in [0, 0.1) is 0 Å². The predicted molar refractivity (Wildman–Crippen MR) is 106 cm³/mol. The summed E-state index contributed by atoms with van der Waals surface area (Å²) >= 11 is 0. The summed E-state index contributed by atoms with van der Waals surface area (Å²) in [5.41, 5.74) is 3.52. The molecule has 0 aliphatic rings. The number of carbonyl (C=O) groups is 1. The van der Waals surface area contributed by atoms with Crippen molar-refractivity contribution in [3.63, 3.8) is 0 Å². The molecule has 1 atom stereocenters. The van der Waals surface area contributed by atoms with Crippen LogP contribution in [0.5, 0.6) is 0 Å². The maximum absolute atomic E-state index is 13.0. The van der Waals surface area contributed by atoms with Crippen molar-refractivity contribution < 1.29 is 4.79 Å². The molecule has 0 unspecified atom stereocenters. The second-order valence-corrected chi connectivity index (χ2v) is 6.43. The topological polar surface area (TPSA) is 72.7 Å². The van der Waals surface area contributed by atoms with E-state index in [0.29, 0.717) is 12.0 Å². The molecule has 0 fully saturated rings. The summed E-state index contributed by atoms with van der Waals surface area (Å²) in [4.78, 5) is 13.0. The molecule has 0 radical (unpaired) electrons. The monoisotopic (exact) mass is 369 g/mol. The molecular formula is C22H19N5O. The molecule has 0 saturated heterocycles. The van der Waals surface area contributed by atoms with E-state index in [9.17, 15) is 4.79 Å². The quantitative estimate of drug-likeness (QED) is 0.565. The van der Waals surface area contributed by atoms with Crippen molar-refractivity contribution in [2.45, 2.75) is 12.5 Å². The van der Waals surface area contributed by atoms with E-state index in [2.05, 4.69) is 33.0 Å². The Labute approximate surface area is 162 Å². The third-order valence-electron chi connectivity index (χ3n) is 4.51. The lowest BCUT2D eigenvalue weighted by Gasteiger charge is -2.20. The van der Waals surface area contributed by atoms with Gasteiger partial charge in [0.05, 0.1) is 11.7 Å². The second kappa shape index (κ2) is 8.26. The third kappa shape index (κ3) is 4.12. The molecule has 138 valence electrons. The molecule has 6 heteroatoms. The van der Waals surface area contributed by atoms with Crippen LogP contribution in [0.3, 0.4) is 0 Å². The number of carbonyl (C=O) groups excluding carboxylic acids is 1. The molecule has 1 heterocycles. The van der Waals surface area contributed by atoms with Crippen molar-refractivity contribution in [3.05, 3.63) is 108 Å². The minimum absolute atomic E-state index is 0.132. The Morgan fingerprint density at radius 3 is 2.39 bits per heavy atom. The molecule has 0 aliphatic heterocycles. The fraction of sp³-hybridized carbons (Fsp3) is 0.0909. The van der Waals surface area contributed by atoms with E-state index >= 15 is 0 Å². The van der Waals surface area contributed by atoms with Gasteiger partial charge in [0.1, 0.15) is 6.33 Å². The van der Waals surface area contributed by atoms with E-state index in [0.717, 1.165) is 11.3 Å². The highest BCUT2D eigenvalue weighted by Gasteiger charge is 2.17. The van der Waals surface area contributed by atoms with Crippen molar-refractivity contribution >= 4 is 5.91 Å². The fourth-order valence-corrected chi connectivity index (χ4v) is 3.10. The molecule has 0 aliphatic carbocycles. The first-order valence-corrected chi connectivity index (χ1v) is 9.03. The van der Waals surface area contributed by atoms with E-state index in [4.69, 9.17) is 0 Å². The van der Waals surface area contributed by atoms with Crippen LogP contribution < -0.4 is 5.32 Å². The van der Waals surface area contributed by atoms with Crippen LogP contribution in [-0.4, -0.2) is 26.1 Å². The fourth-order valence-electron chi connectivity index (χ4n) is 3.10. The molecule has 28 heavy (non-hydrogen) atoms. The number of rotatable bonds is 6. The zero-order chi connectivity index (χ0) is 19.2. The molecule has 4 rings (SSSR count). The predicted octanol–water partition coefficient (Wildman–Crippen LogP) is 3.38. The number of benzene rings is 3. The van der Waals surface area contributed by atoms with Crippen molar-refractivity contribution in [2.75, 3.05) is 0 Å². The summed E-state index contributed by atoms with van der Waals surface area (Å²) in [6.07, 6.45) is 2.21. The number of nitrogens with zero attached hydrogens (tertiary/aromatic N) is 4. The van der Waals surface area contributed by atoms with Gasteiger partial charge in [-0.2, -0.15) is 0 Å². The van der Waals surface area contributed by atoms with E-state index in [1.54, 1.807) is 12.1 Å². The normalized spacial score (nSPS) is 11.7. The third-order valence-corrected chi connectivity index (χ3v) is 4.51. The van der Waals surface area contributed by atoms with Gasteiger partial charge in [-0.15, -0.1) is 5.10 Å². The van der Waals surface area contributed by atoms with Crippen LogP contribution in [0.4, 0.5) is 0 Å². The highest BCUT2D eigenvalue weighted by atomic mass is 16.1. The van der Waals surface area contributed by atoms with Crippen LogP contribution in [0.15, 0.2) is 91.3 Å². The summed E-state index contributed by atoms with van der Waals surface area (Å²) < 4.78 is 1.52. The molecule has 1 amide bonds. The Bertz CT molecular complexity index is 1030. The maximum atomic E-state index is 13.0. The second-order valence-electron chi connectivity index (χ2n) is 6.43. The zero-order valence-corrected chi connectivity index (χ0v) is 15.1. The molecule has 0 saturated carbocycles. The highest BCUT2D eigenvalue weighted by molar-refractivity contribution is 5.95. The molecule has 1 N–H and O–H groups in total. The summed E-state index contributed by atoms with van der Waals surface area (Å²) in [5, 5.41) is 14.3. The maximum Gasteiger partial charge on any atom is 0.251 e. The molecule has 0 bridgehead atoms. The van der Waals surface area contributed by atoms with Crippen LogP contribution >= 0.6 is 0 Å². The Morgan fingerprint density at radius 2 is 1.68 bits per heavy atom. The number of hydrogen-bond donors (Lipinski definition) is 1. The summed E-state index contributed by atoms with van der Waals surface area (Å²) in [5.74, 6) is -0.139. The smallest absolute Gasteiger partial charge is 0.251 e. The molecule has 3 aromatic carbocycles. The first-order chi connectivity index (χ1) is 13.8. The van der Waals surface area contributed by atoms with E-state index < -0.39 is 0 Å². The van der Waals surface area contributed by atoms with Gasteiger partial charge in [-0.3, -0.25) is 4.79 Å². The van der Waals surface area contributed by atoms with Gasteiger partial charge in [0, 0.05) is 5.56 Å². The van der Waals surface area contributed by atoms with Gasteiger partial charge in [0.25, 0.3) is 5.91 Å². The van der Waals surface area contributed by atoms with Gasteiger partial charge in [0.2, 0.25) is 0 Å². The Hall–Kier alpha value is -3.80. The van der Waals surface area contributed by atoms with Gasteiger partial charge >= 0.3 is 0 Å². The van der Waals surface area contributed by atoms with Crippen LogP contribution in [0.25, 0.3) is 5.69 Å². The lowest BCUT2D eigenvalue weighted by atomic mass is 9.98. The number of aromatic nitrogens is 4. The minimum Gasteiger partial charge on any atom is -0.345 e. The largest absolute Gasteiger partial charge is 0.345 e. The van der Waals surface area contributed by atoms with Gasteiger partial charge in [-0.1, -0.05) is 66.7 Å². The van der Waals surface area contributed by atoms with Gasteiger partial charge < -0.3 is 5.32 Å². The number of tetrazole rings is 1. The zero-order valence-electron chi connectivity index (χ0n) is 15.1. The molecular weight excluding hydrogens is 350 g/mol. The van der Waals surface area contributed by atoms with Crippen molar-refractivity contribution in [1.82, 2.24) is 25.5 Å². The Kier molecular flexibility index (Phi) is 5.20. The van der Waals surface area contributed by atoms with Crippen LogP contribution in [0.1, 0.15) is 27.5 Å². The minimum atomic E-state index is -0.139. The SMILES string of the molecule is O=C(N[C@@H](Cc1ccccc1)c1ccccc1)c1cccc(-n2cnnn2)c1. The first-order valence-electron chi connectivity index (χ1n) is 9.03. The molecule has 6 nitrogen and oxygen atoms in total. The summed E-state index contributed by atoms with van der Waals surface area (Å²) in [6, 6.07) is 27.3. The van der Waals surface area contributed by atoms with Gasteiger partial charge in [0.15, 0.2) is 0 Å². The Balaban J connectivity index is 1.58. The highest BCUT2D eigenvalue weighted by Crippen LogP contribution is 2.19. The van der Waals surface area contributed by atoms with Gasteiger partial charge in [-0.25, -0.2) is 4.68 Å². The van der Waals surface area contributed by atoms with Gasteiger partial charge in [-0.05, 0) is 46.2 Å². The first kappa shape index (κ1) is 17.6. The standard InChI is InChI=1S/C22H19N5O/c28-22(19-12-7-13-20(15-19)27-16-23-25-26-27)24-21(18-10-5-2-6-11-18)14-17-8-3-1-4-9-17/h1-13,15-16,21H,14H2,(H,24,28)/t21-/m0/s1. The summed E-state index contributed by atoms with van der Waals surface area (Å²) in [6.45, 7) is 0. The molecule has 1 aromatic heterocycles. The van der Waals surface area contributed by atoms with Crippen LogP contribution in [0.2, 0.25) is 0 Å². The lowest BCUT2D eigenvalue weighted by Crippen LogP contribution is -2.30. The molecule has 4 aromatic rings. The number of nitrogens with one attached hydrogen (secondary N) is 1. The lowest BCUT2D eigenvalue weighted by molar-refractivity contribution is 0.0936. The van der Waals surface area contributed by atoms with Crippen molar-refractivity contribution in [3.8, 4) is 5.69 Å². The van der Waals surface area contributed by atoms with E-state index in [1.807, 2.05) is 60.7 Å². The average Bonchev–Trinajstić information content (AvgIpc) is 3.30. The number of amides is 1. The summed E-state index contributed by atoms with van der Waals surface area (Å²) in [7, 11) is 0. The van der Waals surface area contributed by atoms with E-state index in [1.165, 1.54) is 16.6 Å². The number of hydrogen-bond acceptors (Lipinski definition) is 4. The van der Waals surface area contributed by atoms with E-state index in [-0.39, 0.29) is 11.9 Å². The van der Waals surface area contributed by atoms with Crippen molar-refractivity contribution in [1.29, 1.82) is 0 Å². The molecule has 0 spiro atoms. The Morgan fingerprint density at radius 1 is 0.929 bits per heavy atom. The average molecular weight is 369 g/mol. The van der Waals surface area contributed by atoms with Crippen molar-refractivity contribution in [2.24, 2.45) is 0 Å². The van der Waals surface area contributed by atoms with Crippen LogP contribution in [-0.2, 0) is 6.42 Å².